The number of rotatable bonds is 8. The van der Waals surface area contributed by atoms with E-state index >= 15 is 0 Å². The van der Waals surface area contributed by atoms with Crippen molar-refractivity contribution in [3.05, 3.63) is 58.4 Å². The number of carbonyl (C=O) groups excluding carboxylic acids is 1. The zero-order valence-electron chi connectivity index (χ0n) is 17.1. The molecule has 1 atom stereocenters. The SMILES string of the molecule is CCOc1ccc([C@@H](CNC(=O)c2cc(Cl)ccc2F)N2CCOCC2)cc1OC. The molecule has 1 saturated heterocycles. The van der Waals surface area contributed by atoms with Crippen LogP contribution in [0.1, 0.15) is 28.9 Å². The fourth-order valence-electron chi connectivity index (χ4n) is 3.47. The van der Waals surface area contributed by atoms with E-state index in [1.54, 1.807) is 7.11 Å². The number of hydrogen-bond donors (Lipinski definition) is 1. The highest BCUT2D eigenvalue weighted by molar-refractivity contribution is 6.31. The average Bonchev–Trinajstić information content (AvgIpc) is 2.77. The maximum absolute atomic E-state index is 14.1. The first-order valence-corrected chi connectivity index (χ1v) is 10.3. The van der Waals surface area contributed by atoms with Crippen molar-refractivity contribution in [3.63, 3.8) is 0 Å². The normalized spacial score (nSPS) is 15.5. The summed E-state index contributed by atoms with van der Waals surface area (Å²) in [6, 6.07) is 9.53. The predicted molar refractivity (Wildman–Crippen MR) is 113 cm³/mol. The Labute approximate surface area is 180 Å². The average molecular weight is 437 g/mol. The smallest absolute Gasteiger partial charge is 0.254 e. The van der Waals surface area contributed by atoms with Crippen LogP contribution in [-0.4, -0.2) is 57.4 Å². The van der Waals surface area contributed by atoms with Gasteiger partial charge in [0.2, 0.25) is 0 Å². The Hall–Kier alpha value is -2.35. The summed E-state index contributed by atoms with van der Waals surface area (Å²) < 4.78 is 30.6. The van der Waals surface area contributed by atoms with Crippen molar-refractivity contribution < 1.29 is 23.4 Å². The Morgan fingerprint density at radius 3 is 2.70 bits per heavy atom. The summed E-state index contributed by atoms with van der Waals surface area (Å²) in [4.78, 5) is 14.8. The van der Waals surface area contributed by atoms with E-state index in [1.165, 1.54) is 18.2 Å². The van der Waals surface area contributed by atoms with Crippen LogP contribution >= 0.6 is 11.6 Å². The number of ether oxygens (including phenoxy) is 3. The molecule has 0 unspecified atom stereocenters. The number of nitrogens with zero attached hydrogens (tertiary/aromatic N) is 1. The number of amides is 1. The minimum absolute atomic E-state index is 0.0764. The highest BCUT2D eigenvalue weighted by atomic mass is 35.5. The number of carbonyl (C=O) groups is 1. The summed E-state index contributed by atoms with van der Waals surface area (Å²) in [7, 11) is 1.59. The van der Waals surface area contributed by atoms with E-state index in [1.807, 2.05) is 25.1 Å². The van der Waals surface area contributed by atoms with Crippen LogP contribution in [0.15, 0.2) is 36.4 Å². The number of methoxy groups -OCH3 is 1. The van der Waals surface area contributed by atoms with Crippen LogP contribution in [0.25, 0.3) is 0 Å². The predicted octanol–water partition coefficient (Wildman–Crippen LogP) is 3.69. The van der Waals surface area contributed by atoms with E-state index in [9.17, 15) is 9.18 Å². The standard InChI is InChI=1S/C22H26ClFN2O4/c1-3-30-20-7-4-15(12-21(20)28-2)19(26-8-10-29-11-9-26)14-25-22(27)17-13-16(23)5-6-18(17)24/h4-7,12-13,19H,3,8-11,14H2,1-2H3,(H,25,27)/t19-/m1/s1. The Bertz CT molecular complexity index is 874. The maximum atomic E-state index is 14.1. The lowest BCUT2D eigenvalue weighted by molar-refractivity contribution is 0.0161. The van der Waals surface area contributed by atoms with E-state index in [2.05, 4.69) is 10.2 Å². The van der Waals surface area contributed by atoms with E-state index in [4.69, 9.17) is 25.8 Å². The van der Waals surface area contributed by atoms with Gasteiger partial charge in [-0.05, 0) is 42.8 Å². The van der Waals surface area contributed by atoms with Crippen LogP contribution in [0.5, 0.6) is 11.5 Å². The molecule has 0 spiro atoms. The van der Waals surface area contributed by atoms with Gasteiger partial charge in [-0.1, -0.05) is 17.7 Å². The van der Waals surface area contributed by atoms with Gasteiger partial charge in [-0.15, -0.1) is 0 Å². The lowest BCUT2D eigenvalue weighted by atomic mass is 10.0. The molecule has 0 aromatic heterocycles. The topological polar surface area (TPSA) is 60.0 Å². The van der Waals surface area contributed by atoms with Gasteiger partial charge in [0, 0.05) is 24.7 Å². The third-order valence-corrected chi connectivity index (χ3v) is 5.22. The van der Waals surface area contributed by atoms with Crippen LogP contribution < -0.4 is 14.8 Å². The van der Waals surface area contributed by atoms with Gasteiger partial charge in [-0.25, -0.2) is 4.39 Å². The fourth-order valence-corrected chi connectivity index (χ4v) is 3.64. The number of nitrogens with one attached hydrogen (secondary N) is 1. The van der Waals surface area contributed by atoms with Gasteiger partial charge in [0.15, 0.2) is 11.5 Å². The second-order valence-electron chi connectivity index (χ2n) is 6.84. The molecule has 162 valence electrons. The van der Waals surface area contributed by atoms with Gasteiger partial charge >= 0.3 is 0 Å². The van der Waals surface area contributed by atoms with Crippen LogP contribution in [0.4, 0.5) is 4.39 Å². The van der Waals surface area contributed by atoms with Crippen molar-refractivity contribution in [1.82, 2.24) is 10.2 Å². The molecule has 1 fully saturated rings. The Morgan fingerprint density at radius 2 is 2.00 bits per heavy atom. The molecule has 1 heterocycles. The van der Waals surface area contributed by atoms with Gasteiger partial charge in [-0.2, -0.15) is 0 Å². The van der Waals surface area contributed by atoms with E-state index in [0.717, 1.165) is 18.7 Å². The second kappa shape index (κ2) is 10.6. The number of morpholine rings is 1. The quantitative estimate of drug-likeness (QED) is 0.684. The molecule has 1 amide bonds. The number of hydrogen-bond acceptors (Lipinski definition) is 5. The molecule has 1 N–H and O–H groups in total. The van der Waals surface area contributed by atoms with Crippen molar-refractivity contribution in [2.75, 3.05) is 46.6 Å². The molecule has 0 radical (unpaired) electrons. The Morgan fingerprint density at radius 1 is 1.23 bits per heavy atom. The first-order valence-electron chi connectivity index (χ1n) is 9.89. The molecule has 8 heteroatoms. The van der Waals surface area contributed by atoms with Crippen molar-refractivity contribution in [2.24, 2.45) is 0 Å². The van der Waals surface area contributed by atoms with E-state index in [0.29, 0.717) is 42.9 Å². The lowest BCUT2D eigenvalue weighted by Gasteiger charge is -2.35. The maximum Gasteiger partial charge on any atom is 0.254 e. The third-order valence-electron chi connectivity index (χ3n) is 4.99. The van der Waals surface area contributed by atoms with Gasteiger partial charge in [-0.3, -0.25) is 9.69 Å². The molecular formula is C22H26ClFN2O4. The van der Waals surface area contributed by atoms with E-state index < -0.39 is 11.7 Å². The van der Waals surface area contributed by atoms with Crippen LogP contribution in [0, 0.1) is 5.82 Å². The first kappa shape index (κ1) is 22.3. The fraction of sp³-hybridized carbons (Fsp3) is 0.409. The minimum Gasteiger partial charge on any atom is -0.493 e. The number of halogens is 2. The summed E-state index contributed by atoms with van der Waals surface area (Å²) in [5, 5.41) is 3.16. The van der Waals surface area contributed by atoms with Gasteiger partial charge < -0.3 is 19.5 Å². The molecule has 2 aromatic rings. The van der Waals surface area contributed by atoms with Crippen molar-refractivity contribution in [1.29, 1.82) is 0 Å². The zero-order chi connectivity index (χ0) is 21.5. The molecule has 0 saturated carbocycles. The Balaban J connectivity index is 1.82. The second-order valence-corrected chi connectivity index (χ2v) is 7.28. The molecule has 0 aliphatic carbocycles. The minimum atomic E-state index is -0.609. The molecule has 1 aliphatic heterocycles. The monoisotopic (exact) mass is 436 g/mol. The van der Waals surface area contributed by atoms with Crippen LogP contribution in [0.3, 0.4) is 0 Å². The van der Waals surface area contributed by atoms with Gasteiger partial charge in [0.05, 0.1) is 38.5 Å². The molecule has 1 aliphatic rings. The molecule has 3 rings (SSSR count). The van der Waals surface area contributed by atoms with Gasteiger partial charge in [0.1, 0.15) is 5.82 Å². The Kier molecular flexibility index (Phi) is 7.90. The summed E-state index contributed by atoms with van der Waals surface area (Å²) in [6.45, 7) is 5.41. The summed E-state index contributed by atoms with van der Waals surface area (Å²) in [5.41, 5.74) is 0.886. The zero-order valence-corrected chi connectivity index (χ0v) is 17.9. The largest absolute Gasteiger partial charge is 0.493 e. The van der Waals surface area contributed by atoms with Crippen molar-refractivity contribution in [3.8, 4) is 11.5 Å². The lowest BCUT2D eigenvalue weighted by Crippen LogP contribution is -2.44. The molecule has 6 nitrogen and oxygen atoms in total. The van der Waals surface area contributed by atoms with Gasteiger partial charge in [0.25, 0.3) is 5.91 Å². The molecule has 2 aromatic carbocycles. The number of benzene rings is 2. The highest BCUT2D eigenvalue weighted by Crippen LogP contribution is 2.32. The van der Waals surface area contributed by atoms with Crippen LogP contribution in [0.2, 0.25) is 5.02 Å². The molecular weight excluding hydrogens is 411 g/mol. The van der Waals surface area contributed by atoms with Crippen molar-refractivity contribution >= 4 is 17.5 Å². The molecule has 30 heavy (non-hydrogen) atoms. The third kappa shape index (κ3) is 5.41. The van der Waals surface area contributed by atoms with Crippen molar-refractivity contribution in [2.45, 2.75) is 13.0 Å². The summed E-state index contributed by atoms with van der Waals surface area (Å²) in [5.74, 6) is 0.169. The molecule has 0 bridgehead atoms. The first-order chi connectivity index (χ1) is 14.5. The summed E-state index contributed by atoms with van der Waals surface area (Å²) >= 11 is 5.92. The highest BCUT2D eigenvalue weighted by Gasteiger charge is 2.25. The van der Waals surface area contributed by atoms with Crippen LogP contribution in [-0.2, 0) is 4.74 Å². The van der Waals surface area contributed by atoms with E-state index in [-0.39, 0.29) is 11.6 Å². The summed E-state index contributed by atoms with van der Waals surface area (Å²) in [6.07, 6.45) is 0.